The summed E-state index contributed by atoms with van der Waals surface area (Å²) in [6, 6.07) is 6.88. The third kappa shape index (κ3) is 5.19. The number of rotatable bonds is 7. The molecule has 0 aromatic heterocycles. The van der Waals surface area contributed by atoms with Crippen molar-refractivity contribution in [2.24, 2.45) is 5.92 Å². The average molecular weight is 440 g/mol. The zero-order valence-corrected chi connectivity index (χ0v) is 18.7. The average Bonchev–Trinajstić information content (AvgIpc) is 3.07. The maximum Gasteiger partial charge on any atom is 0.261 e. The number of hydrogen-bond donors (Lipinski definition) is 1. The highest BCUT2D eigenvalue weighted by molar-refractivity contribution is 6.21. The predicted octanol–water partition coefficient (Wildman–Crippen LogP) is 3.14. The number of nitrogens with zero attached hydrogens (tertiary/aromatic N) is 2. The Morgan fingerprint density at radius 1 is 0.875 bits per heavy atom. The fraction of sp³-hybridized carbons (Fsp3) is 0.600. The molecule has 1 saturated carbocycles. The molecule has 7 heteroatoms. The van der Waals surface area contributed by atoms with Crippen molar-refractivity contribution in [2.45, 2.75) is 70.3 Å². The van der Waals surface area contributed by atoms with Crippen LogP contribution in [-0.4, -0.2) is 59.1 Å². The Balaban J connectivity index is 1.16. The first-order valence-electron chi connectivity index (χ1n) is 12.1. The number of likely N-dealkylation sites (tertiary alicyclic amines) is 1. The first kappa shape index (κ1) is 22.5. The summed E-state index contributed by atoms with van der Waals surface area (Å²) in [7, 11) is 0. The summed E-state index contributed by atoms with van der Waals surface area (Å²) in [5.74, 6) is 0.131. The van der Waals surface area contributed by atoms with Gasteiger partial charge >= 0.3 is 0 Å². The number of carbonyl (C=O) groups is 4. The molecule has 7 nitrogen and oxygen atoms in total. The van der Waals surface area contributed by atoms with Gasteiger partial charge in [0.05, 0.1) is 11.1 Å². The molecule has 1 aromatic rings. The van der Waals surface area contributed by atoms with E-state index >= 15 is 0 Å². The Kier molecular flexibility index (Phi) is 7.22. The second-order valence-corrected chi connectivity index (χ2v) is 9.32. The number of hydrogen-bond acceptors (Lipinski definition) is 4. The molecule has 1 saturated heterocycles. The third-order valence-electron chi connectivity index (χ3n) is 7.14. The van der Waals surface area contributed by atoms with E-state index in [2.05, 4.69) is 5.32 Å². The molecule has 0 unspecified atom stereocenters. The number of fused-ring (bicyclic) bond motifs is 1. The van der Waals surface area contributed by atoms with E-state index in [-0.39, 0.29) is 42.6 Å². The fourth-order valence-corrected chi connectivity index (χ4v) is 5.19. The highest BCUT2D eigenvalue weighted by Crippen LogP contribution is 2.27. The van der Waals surface area contributed by atoms with Crippen LogP contribution in [-0.2, 0) is 9.59 Å². The Morgan fingerprint density at radius 2 is 1.50 bits per heavy atom. The topological polar surface area (TPSA) is 86.8 Å². The van der Waals surface area contributed by atoms with E-state index in [0.29, 0.717) is 36.6 Å². The lowest BCUT2D eigenvalue weighted by Gasteiger charge is -2.33. The third-order valence-corrected chi connectivity index (χ3v) is 7.14. The maximum absolute atomic E-state index is 12.6. The van der Waals surface area contributed by atoms with Crippen LogP contribution in [0.1, 0.15) is 84.9 Å². The van der Waals surface area contributed by atoms with Gasteiger partial charge in [0.1, 0.15) is 0 Å². The lowest BCUT2D eigenvalue weighted by atomic mass is 9.86. The van der Waals surface area contributed by atoms with Crippen molar-refractivity contribution in [3.63, 3.8) is 0 Å². The lowest BCUT2D eigenvalue weighted by Crippen LogP contribution is -2.47. The molecule has 2 heterocycles. The SMILES string of the molecule is O=C(CCC1CCCCC1)NC1CCN(C(=O)CCN2C(=O)c3ccccc3C2=O)CC1. The van der Waals surface area contributed by atoms with Crippen molar-refractivity contribution >= 4 is 23.6 Å². The van der Waals surface area contributed by atoms with E-state index in [9.17, 15) is 19.2 Å². The highest BCUT2D eigenvalue weighted by atomic mass is 16.2. The van der Waals surface area contributed by atoms with E-state index in [1.807, 2.05) is 0 Å². The highest BCUT2D eigenvalue weighted by Gasteiger charge is 2.35. The van der Waals surface area contributed by atoms with Crippen molar-refractivity contribution in [1.82, 2.24) is 15.1 Å². The number of benzene rings is 1. The van der Waals surface area contributed by atoms with Gasteiger partial charge in [-0.2, -0.15) is 0 Å². The normalized spacial score (nSPS) is 19.9. The van der Waals surface area contributed by atoms with Crippen LogP contribution in [0.3, 0.4) is 0 Å². The van der Waals surface area contributed by atoms with Crippen molar-refractivity contribution in [2.75, 3.05) is 19.6 Å². The van der Waals surface area contributed by atoms with Gasteiger partial charge in [-0.15, -0.1) is 0 Å². The van der Waals surface area contributed by atoms with Gasteiger partial charge < -0.3 is 10.2 Å². The van der Waals surface area contributed by atoms with Crippen LogP contribution < -0.4 is 5.32 Å². The van der Waals surface area contributed by atoms with E-state index in [0.717, 1.165) is 19.3 Å². The van der Waals surface area contributed by atoms with Crippen LogP contribution in [0.15, 0.2) is 24.3 Å². The molecule has 32 heavy (non-hydrogen) atoms. The maximum atomic E-state index is 12.6. The molecule has 172 valence electrons. The van der Waals surface area contributed by atoms with Crippen LogP contribution in [0.4, 0.5) is 0 Å². The monoisotopic (exact) mass is 439 g/mol. The van der Waals surface area contributed by atoms with Crippen LogP contribution in [0.25, 0.3) is 0 Å². The van der Waals surface area contributed by atoms with Gasteiger partial charge in [-0.05, 0) is 37.3 Å². The molecule has 2 fully saturated rings. The Bertz CT molecular complexity index is 835. The summed E-state index contributed by atoms with van der Waals surface area (Å²) >= 11 is 0. The molecule has 1 aromatic carbocycles. The number of piperidine rings is 1. The van der Waals surface area contributed by atoms with E-state index in [4.69, 9.17) is 0 Å². The van der Waals surface area contributed by atoms with Gasteiger partial charge in [-0.1, -0.05) is 44.2 Å². The van der Waals surface area contributed by atoms with E-state index in [1.54, 1.807) is 29.2 Å². The molecular formula is C25H33N3O4. The molecular weight excluding hydrogens is 406 g/mol. The summed E-state index contributed by atoms with van der Waals surface area (Å²) < 4.78 is 0. The van der Waals surface area contributed by atoms with Crippen molar-refractivity contribution in [1.29, 1.82) is 0 Å². The minimum atomic E-state index is -0.326. The van der Waals surface area contributed by atoms with Gasteiger partial charge in [0.2, 0.25) is 11.8 Å². The van der Waals surface area contributed by atoms with Gasteiger partial charge in [0, 0.05) is 38.5 Å². The minimum Gasteiger partial charge on any atom is -0.353 e. The summed E-state index contributed by atoms with van der Waals surface area (Å²) in [5.41, 5.74) is 0.815. The molecule has 0 atom stereocenters. The molecule has 0 bridgehead atoms. The van der Waals surface area contributed by atoms with Crippen molar-refractivity contribution in [3.8, 4) is 0 Å². The minimum absolute atomic E-state index is 0.0522. The predicted molar refractivity (Wildman–Crippen MR) is 120 cm³/mol. The van der Waals surface area contributed by atoms with E-state index < -0.39 is 0 Å². The Hall–Kier alpha value is -2.70. The Labute approximate surface area is 189 Å². The van der Waals surface area contributed by atoms with Crippen LogP contribution >= 0.6 is 0 Å². The molecule has 4 amide bonds. The molecule has 1 N–H and O–H groups in total. The quantitative estimate of drug-likeness (QED) is 0.662. The first-order valence-corrected chi connectivity index (χ1v) is 12.1. The smallest absolute Gasteiger partial charge is 0.261 e. The lowest BCUT2D eigenvalue weighted by molar-refractivity contribution is -0.132. The summed E-state index contributed by atoms with van der Waals surface area (Å²) in [6.45, 7) is 1.28. The zero-order valence-electron chi connectivity index (χ0n) is 18.7. The van der Waals surface area contributed by atoms with Gasteiger partial charge in [0.15, 0.2) is 0 Å². The molecule has 0 radical (unpaired) electrons. The number of imide groups is 1. The molecule has 1 aliphatic carbocycles. The van der Waals surface area contributed by atoms with Gasteiger partial charge in [-0.25, -0.2) is 0 Å². The second-order valence-electron chi connectivity index (χ2n) is 9.32. The second kappa shape index (κ2) is 10.3. The summed E-state index contributed by atoms with van der Waals surface area (Å²) in [5, 5.41) is 3.14. The standard InChI is InChI=1S/C25H33N3O4/c29-22(11-10-18-6-2-1-3-7-18)26-19-12-15-27(16-13-19)23(30)14-17-28-24(31)20-8-4-5-9-21(20)25(28)32/h4-5,8-9,18-19H,1-3,6-7,10-17H2,(H,26,29). The van der Waals surface area contributed by atoms with Gasteiger partial charge in [-0.3, -0.25) is 24.1 Å². The van der Waals surface area contributed by atoms with Gasteiger partial charge in [0.25, 0.3) is 11.8 Å². The van der Waals surface area contributed by atoms with Crippen molar-refractivity contribution < 1.29 is 19.2 Å². The Morgan fingerprint density at radius 3 is 2.12 bits per heavy atom. The molecule has 3 aliphatic rings. The van der Waals surface area contributed by atoms with Crippen LogP contribution in [0.2, 0.25) is 0 Å². The first-order chi connectivity index (χ1) is 15.5. The zero-order chi connectivity index (χ0) is 22.5. The van der Waals surface area contributed by atoms with Crippen LogP contribution in [0.5, 0.6) is 0 Å². The summed E-state index contributed by atoms with van der Waals surface area (Å²) in [6.07, 6.45) is 9.65. The molecule has 0 spiro atoms. The number of nitrogens with one attached hydrogen (secondary N) is 1. The van der Waals surface area contributed by atoms with Crippen molar-refractivity contribution in [3.05, 3.63) is 35.4 Å². The van der Waals surface area contributed by atoms with Crippen LogP contribution in [0, 0.1) is 5.92 Å². The molecule has 2 aliphatic heterocycles. The molecule has 4 rings (SSSR count). The number of carbonyl (C=O) groups excluding carboxylic acids is 4. The largest absolute Gasteiger partial charge is 0.353 e. The van der Waals surface area contributed by atoms with E-state index in [1.165, 1.54) is 37.0 Å². The fourth-order valence-electron chi connectivity index (χ4n) is 5.19. The number of amides is 4. The summed E-state index contributed by atoms with van der Waals surface area (Å²) in [4.78, 5) is 52.8.